The Balaban J connectivity index is 2.02. The van der Waals surface area contributed by atoms with E-state index >= 15 is 0 Å². The van der Waals surface area contributed by atoms with Crippen LogP contribution in [0.3, 0.4) is 0 Å². The molecule has 2 rings (SSSR count). The zero-order valence-corrected chi connectivity index (χ0v) is 11.3. The van der Waals surface area contributed by atoms with Crippen molar-refractivity contribution in [1.82, 2.24) is 0 Å². The Bertz CT molecular complexity index is 602. The first-order chi connectivity index (χ1) is 9.38. The van der Waals surface area contributed by atoms with Crippen LogP contribution in [0.25, 0.3) is 0 Å². The molecule has 0 saturated heterocycles. The molecular formula is C14H16N2O4. The summed E-state index contributed by atoms with van der Waals surface area (Å²) in [7, 11) is 0. The summed E-state index contributed by atoms with van der Waals surface area (Å²) in [6.45, 7) is 3.69. The molecule has 6 nitrogen and oxygen atoms in total. The van der Waals surface area contributed by atoms with Crippen LogP contribution < -0.4 is 5.32 Å². The van der Waals surface area contributed by atoms with Gasteiger partial charge in [0.2, 0.25) is 0 Å². The van der Waals surface area contributed by atoms with Gasteiger partial charge in [0.1, 0.15) is 17.1 Å². The molecule has 1 unspecified atom stereocenters. The van der Waals surface area contributed by atoms with Gasteiger partial charge < -0.3 is 14.8 Å². The van der Waals surface area contributed by atoms with Crippen molar-refractivity contribution >= 4 is 11.4 Å². The van der Waals surface area contributed by atoms with E-state index in [4.69, 9.17) is 4.42 Å². The molecule has 0 amide bonds. The Kier molecular flexibility index (Phi) is 3.76. The quantitative estimate of drug-likeness (QED) is 0.647. The van der Waals surface area contributed by atoms with Crippen molar-refractivity contribution in [2.45, 2.75) is 19.4 Å². The second-order valence-corrected chi connectivity index (χ2v) is 4.84. The van der Waals surface area contributed by atoms with Gasteiger partial charge in [-0.05, 0) is 38.1 Å². The van der Waals surface area contributed by atoms with Gasteiger partial charge in [-0.2, -0.15) is 0 Å². The summed E-state index contributed by atoms with van der Waals surface area (Å²) >= 11 is 0. The van der Waals surface area contributed by atoms with Crippen LogP contribution in [0, 0.1) is 17.0 Å². The monoisotopic (exact) mass is 276 g/mol. The molecular weight excluding hydrogens is 260 g/mol. The molecule has 0 spiro atoms. The van der Waals surface area contributed by atoms with Gasteiger partial charge in [0.05, 0.1) is 11.5 Å². The van der Waals surface area contributed by atoms with Gasteiger partial charge in [-0.15, -0.1) is 0 Å². The number of nitro benzene ring substituents is 1. The van der Waals surface area contributed by atoms with Crippen LogP contribution in [0.1, 0.15) is 18.4 Å². The van der Waals surface area contributed by atoms with E-state index in [0.717, 1.165) is 5.76 Å². The Morgan fingerprint density at radius 1 is 1.30 bits per heavy atom. The maximum atomic E-state index is 10.5. The molecule has 1 heterocycles. The van der Waals surface area contributed by atoms with Crippen LogP contribution in [-0.4, -0.2) is 16.6 Å². The number of hydrogen-bond donors (Lipinski definition) is 2. The number of rotatable bonds is 5. The van der Waals surface area contributed by atoms with Crippen molar-refractivity contribution in [3.8, 4) is 0 Å². The lowest BCUT2D eigenvalue weighted by atomic mass is 10.0. The third-order valence-electron chi connectivity index (χ3n) is 2.99. The lowest BCUT2D eigenvalue weighted by Gasteiger charge is -2.21. The van der Waals surface area contributed by atoms with Gasteiger partial charge >= 0.3 is 0 Å². The summed E-state index contributed by atoms with van der Waals surface area (Å²) in [6.07, 6.45) is 0. The first kappa shape index (κ1) is 14.1. The lowest BCUT2D eigenvalue weighted by molar-refractivity contribution is -0.384. The highest BCUT2D eigenvalue weighted by atomic mass is 16.6. The summed E-state index contributed by atoms with van der Waals surface area (Å²) in [5.74, 6) is 1.21. The van der Waals surface area contributed by atoms with E-state index in [9.17, 15) is 15.2 Å². The minimum Gasteiger partial charge on any atom is -0.463 e. The molecule has 20 heavy (non-hydrogen) atoms. The highest BCUT2D eigenvalue weighted by Crippen LogP contribution is 2.24. The van der Waals surface area contributed by atoms with Crippen molar-refractivity contribution in [1.29, 1.82) is 0 Å². The maximum Gasteiger partial charge on any atom is 0.269 e. The van der Waals surface area contributed by atoms with Crippen molar-refractivity contribution in [2.24, 2.45) is 0 Å². The third kappa shape index (κ3) is 3.16. The molecule has 0 aliphatic rings. The van der Waals surface area contributed by atoms with Crippen molar-refractivity contribution in [3.63, 3.8) is 0 Å². The van der Waals surface area contributed by atoms with Crippen LogP contribution in [0.15, 0.2) is 40.8 Å². The molecule has 1 aromatic heterocycles. The average Bonchev–Trinajstić information content (AvgIpc) is 2.84. The first-order valence-electron chi connectivity index (χ1n) is 6.16. The highest BCUT2D eigenvalue weighted by molar-refractivity contribution is 5.48. The van der Waals surface area contributed by atoms with Crippen molar-refractivity contribution < 1.29 is 14.4 Å². The average molecular weight is 276 g/mol. The molecule has 2 N–H and O–H groups in total. The fourth-order valence-electron chi connectivity index (χ4n) is 1.79. The number of benzene rings is 1. The van der Waals surface area contributed by atoms with Gasteiger partial charge in [0.15, 0.2) is 0 Å². The number of nitro groups is 1. The molecule has 0 saturated carbocycles. The van der Waals surface area contributed by atoms with Gasteiger partial charge in [-0.1, -0.05) is 0 Å². The van der Waals surface area contributed by atoms with Crippen LogP contribution in [0.4, 0.5) is 11.4 Å². The molecule has 106 valence electrons. The molecule has 0 radical (unpaired) electrons. The molecule has 2 aromatic rings. The van der Waals surface area contributed by atoms with Gasteiger partial charge in [0.25, 0.3) is 5.69 Å². The predicted molar refractivity (Wildman–Crippen MR) is 74.6 cm³/mol. The summed E-state index contributed by atoms with van der Waals surface area (Å²) in [5.41, 5.74) is -0.432. The van der Waals surface area contributed by atoms with E-state index in [-0.39, 0.29) is 12.2 Å². The van der Waals surface area contributed by atoms with E-state index in [1.807, 2.05) is 6.92 Å². The number of anilines is 1. The van der Waals surface area contributed by atoms with Crippen LogP contribution >= 0.6 is 0 Å². The summed E-state index contributed by atoms with van der Waals surface area (Å²) in [5, 5.41) is 23.9. The number of aryl methyl sites for hydroxylation is 1. The topological polar surface area (TPSA) is 88.5 Å². The van der Waals surface area contributed by atoms with Crippen molar-refractivity contribution in [3.05, 3.63) is 58.0 Å². The minimum absolute atomic E-state index is 0.0315. The number of aliphatic hydroxyl groups is 1. The fraction of sp³-hybridized carbons (Fsp3) is 0.286. The third-order valence-corrected chi connectivity index (χ3v) is 2.99. The van der Waals surface area contributed by atoms with Crippen LogP contribution in [0.5, 0.6) is 0 Å². The highest BCUT2D eigenvalue weighted by Gasteiger charge is 2.26. The number of nitrogens with one attached hydrogen (secondary N) is 1. The fourth-order valence-corrected chi connectivity index (χ4v) is 1.79. The van der Waals surface area contributed by atoms with Gasteiger partial charge in [-0.3, -0.25) is 10.1 Å². The standard InChI is InChI=1S/C14H16N2O4/c1-10-3-8-13(20-10)14(2,17)9-15-11-4-6-12(7-5-11)16(18)19/h3-8,15,17H,9H2,1-2H3. The summed E-state index contributed by atoms with van der Waals surface area (Å²) < 4.78 is 5.41. The first-order valence-corrected chi connectivity index (χ1v) is 6.16. The van der Waals surface area contributed by atoms with Crippen LogP contribution in [-0.2, 0) is 5.60 Å². The summed E-state index contributed by atoms with van der Waals surface area (Å²) in [6, 6.07) is 9.54. The molecule has 1 aromatic carbocycles. The number of hydrogen-bond acceptors (Lipinski definition) is 5. The Hall–Kier alpha value is -2.34. The molecule has 0 aliphatic carbocycles. The minimum atomic E-state index is -1.16. The van der Waals surface area contributed by atoms with Crippen LogP contribution in [0.2, 0.25) is 0 Å². The zero-order valence-electron chi connectivity index (χ0n) is 11.3. The molecule has 0 aliphatic heterocycles. The van der Waals surface area contributed by atoms with E-state index < -0.39 is 10.5 Å². The maximum absolute atomic E-state index is 10.5. The molecule has 6 heteroatoms. The summed E-state index contributed by atoms with van der Waals surface area (Å²) in [4.78, 5) is 10.1. The second-order valence-electron chi connectivity index (χ2n) is 4.84. The number of nitrogens with zero attached hydrogens (tertiary/aromatic N) is 1. The number of non-ortho nitro benzene ring substituents is 1. The number of furan rings is 1. The Morgan fingerprint density at radius 2 is 1.95 bits per heavy atom. The largest absolute Gasteiger partial charge is 0.463 e. The smallest absolute Gasteiger partial charge is 0.269 e. The molecule has 0 bridgehead atoms. The zero-order chi connectivity index (χ0) is 14.8. The SMILES string of the molecule is Cc1ccc(C(C)(O)CNc2ccc([N+](=O)[O-])cc2)o1. The predicted octanol–water partition coefficient (Wildman–Crippen LogP) is 2.82. The van der Waals surface area contributed by atoms with Crippen molar-refractivity contribution in [2.75, 3.05) is 11.9 Å². The molecule has 0 fully saturated rings. The van der Waals surface area contributed by atoms with Gasteiger partial charge in [0, 0.05) is 17.8 Å². The van der Waals surface area contributed by atoms with E-state index in [1.165, 1.54) is 12.1 Å². The Labute approximate surface area is 116 Å². The van der Waals surface area contributed by atoms with E-state index in [2.05, 4.69) is 5.32 Å². The molecule has 1 atom stereocenters. The van der Waals surface area contributed by atoms with Gasteiger partial charge in [-0.25, -0.2) is 0 Å². The second kappa shape index (κ2) is 5.34. The normalized spacial score (nSPS) is 13.8. The van der Waals surface area contributed by atoms with E-state index in [0.29, 0.717) is 11.4 Å². The lowest BCUT2D eigenvalue weighted by Crippen LogP contribution is -2.30. The Morgan fingerprint density at radius 3 is 2.45 bits per heavy atom. The van der Waals surface area contributed by atoms with E-state index in [1.54, 1.807) is 31.2 Å².